The molecular weight excluding hydrogens is 409 g/mol. The molecule has 1 aromatic carbocycles. The normalized spacial score (nSPS) is 19.1. The quantitative estimate of drug-likeness (QED) is 0.721. The molecular formula is C19H21F3N2O4S. The molecule has 2 unspecified atom stereocenters. The number of nitrogens with zero attached hydrogens (tertiary/aromatic N) is 2. The SMILES string of the molecule is CC(CN1CCOC(c2csc(C(F)(F)F)n2)C1)c1ccc(OCC(=O)O)cc1. The molecule has 3 rings (SSSR count). The van der Waals surface area contributed by atoms with Crippen molar-refractivity contribution in [2.75, 3.05) is 32.8 Å². The Kier molecular flexibility index (Phi) is 6.76. The smallest absolute Gasteiger partial charge is 0.443 e. The zero-order valence-corrected chi connectivity index (χ0v) is 16.5. The molecule has 1 saturated heterocycles. The lowest BCUT2D eigenvalue weighted by molar-refractivity contribution is -0.139. The maximum absolute atomic E-state index is 12.8. The molecule has 1 aliphatic rings. The first-order valence-electron chi connectivity index (χ1n) is 9.03. The van der Waals surface area contributed by atoms with Crippen molar-refractivity contribution >= 4 is 17.3 Å². The van der Waals surface area contributed by atoms with Crippen LogP contribution in [0.15, 0.2) is 29.6 Å². The summed E-state index contributed by atoms with van der Waals surface area (Å²) in [4.78, 5) is 16.4. The third-order valence-electron chi connectivity index (χ3n) is 4.59. The van der Waals surface area contributed by atoms with Crippen molar-refractivity contribution in [3.63, 3.8) is 0 Å². The fourth-order valence-corrected chi connectivity index (χ4v) is 3.87. The van der Waals surface area contributed by atoms with Gasteiger partial charge in [-0.1, -0.05) is 19.1 Å². The van der Waals surface area contributed by atoms with E-state index in [-0.39, 0.29) is 5.92 Å². The van der Waals surface area contributed by atoms with Gasteiger partial charge in [-0.2, -0.15) is 13.2 Å². The van der Waals surface area contributed by atoms with Crippen LogP contribution in [0.5, 0.6) is 5.75 Å². The van der Waals surface area contributed by atoms with Crippen LogP contribution in [0.4, 0.5) is 13.2 Å². The Morgan fingerprint density at radius 2 is 2.14 bits per heavy atom. The van der Waals surface area contributed by atoms with Gasteiger partial charge in [0.1, 0.15) is 11.9 Å². The Labute approximate surface area is 169 Å². The van der Waals surface area contributed by atoms with Crippen LogP contribution in [-0.2, 0) is 15.7 Å². The number of morpholine rings is 1. The van der Waals surface area contributed by atoms with Crippen LogP contribution in [0.25, 0.3) is 0 Å². The lowest BCUT2D eigenvalue weighted by Gasteiger charge is -2.34. The fourth-order valence-electron chi connectivity index (χ4n) is 3.14. The summed E-state index contributed by atoms with van der Waals surface area (Å²) >= 11 is 0.586. The van der Waals surface area contributed by atoms with Crippen LogP contribution in [0, 0.1) is 0 Å². The third kappa shape index (κ3) is 5.91. The molecule has 1 aliphatic heterocycles. The van der Waals surface area contributed by atoms with Crippen LogP contribution < -0.4 is 4.74 Å². The first-order chi connectivity index (χ1) is 13.7. The second-order valence-electron chi connectivity index (χ2n) is 6.85. The van der Waals surface area contributed by atoms with E-state index >= 15 is 0 Å². The van der Waals surface area contributed by atoms with E-state index in [0.29, 0.717) is 49.0 Å². The predicted octanol–water partition coefficient (Wildman–Crippen LogP) is 3.80. The molecule has 6 nitrogen and oxygen atoms in total. The van der Waals surface area contributed by atoms with E-state index in [1.165, 1.54) is 5.38 Å². The van der Waals surface area contributed by atoms with Crippen LogP contribution in [-0.4, -0.2) is 53.8 Å². The maximum atomic E-state index is 12.8. The second-order valence-corrected chi connectivity index (χ2v) is 7.70. The Balaban J connectivity index is 1.57. The molecule has 0 amide bonds. The van der Waals surface area contributed by atoms with Gasteiger partial charge in [-0.05, 0) is 23.6 Å². The molecule has 2 aromatic rings. The van der Waals surface area contributed by atoms with Gasteiger partial charge in [0.2, 0.25) is 0 Å². The van der Waals surface area contributed by atoms with E-state index in [1.54, 1.807) is 12.1 Å². The molecule has 29 heavy (non-hydrogen) atoms. The summed E-state index contributed by atoms with van der Waals surface area (Å²) in [6.45, 7) is 3.98. The highest BCUT2D eigenvalue weighted by molar-refractivity contribution is 7.09. The topological polar surface area (TPSA) is 71.9 Å². The van der Waals surface area contributed by atoms with E-state index in [4.69, 9.17) is 14.6 Å². The van der Waals surface area contributed by atoms with E-state index in [1.807, 2.05) is 12.1 Å². The summed E-state index contributed by atoms with van der Waals surface area (Å²) in [6, 6.07) is 7.22. The van der Waals surface area contributed by atoms with Gasteiger partial charge in [0.25, 0.3) is 0 Å². The van der Waals surface area contributed by atoms with Gasteiger partial charge in [-0.3, -0.25) is 4.90 Å². The minimum absolute atomic E-state index is 0.170. The maximum Gasteiger partial charge on any atom is 0.443 e. The number of alkyl halides is 3. The molecule has 2 atom stereocenters. The number of carbonyl (C=O) groups is 1. The van der Waals surface area contributed by atoms with Gasteiger partial charge in [0.15, 0.2) is 11.6 Å². The Morgan fingerprint density at radius 3 is 2.76 bits per heavy atom. The summed E-state index contributed by atoms with van der Waals surface area (Å²) in [5.74, 6) is -0.381. The highest BCUT2D eigenvalue weighted by atomic mass is 32.1. The van der Waals surface area contributed by atoms with Crippen LogP contribution in [0.2, 0.25) is 0 Å². The zero-order chi connectivity index (χ0) is 21.0. The number of carboxylic acid groups (broad SMARTS) is 1. The van der Waals surface area contributed by atoms with Crippen LogP contribution in [0.3, 0.4) is 0 Å². The lowest BCUT2D eigenvalue weighted by atomic mass is 10.00. The van der Waals surface area contributed by atoms with Gasteiger partial charge >= 0.3 is 12.1 Å². The highest BCUT2D eigenvalue weighted by Gasteiger charge is 2.36. The summed E-state index contributed by atoms with van der Waals surface area (Å²) in [7, 11) is 0. The number of benzene rings is 1. The molecule has 1 fully saturated rings. The monoisotopic (exact) mass is 430 g/mol. The molecule has 0 aliphatic carbocycles. The average molecular weight is 430 g/mol. The molecule has 0 bridgehead atoms. The van der Waals surface area contributed by atoms with Crippen LogP contribution in [0.1, 0.15) is 35.2 Å². The second kappa shape index (κ2) is 9.10. The average Bonchev–Trinajstić information content (AvgIpc) is 3.18. The Hall–Kier alpha value is -2.17. The zero-order valence-electron chi connectivity index (χ0n) is 15.7. The summed E-state index contributed by atoms with van der Waals surface area (Å²) in [5.41, 5.74) is 1.38. The molecule has 0 radical (unpaired) electrons. The molecule has 1 N–H and O–H groups in total. The van der Waals surface area contributed by atoms with Gasteiger partial charge in [-0.25, -0.2) is 9.78 Å². The van der Waals surface area contributed by atoms with E-state index in [0.717, 1.165) is 5.56 Å². The van der Waals surface area contributed by atoms with Crippen molar-refractivity contribution in [2.45, 2.75) is 25.1 Å². The van der Waals surface area contributed by atoms with Crippen molar-refractivity contribution in [2.24, 2.45) is 0 Å². The molecule has 10 heteroatoms. The predicted molar refractivity (Wildman–Crippen MR) is 100 cm³/mol. The van der Waals surface area contributed by atoms with Crippen molar-refractivity contribution in [1.29, 1.82) is 0 Å². The standard InChI is InChI=1S/C19H21F3N2O4S/c1-12(13-2-4-14(5-3-13)28-10-17(25)26)8-24-6-7-27-16(9-24)15-11-29-18(23-15)19(20,21)22/h2-5,11-12,16H,6-10H2,1H3,(H,25,26). The van der Waals surface area contributed by atoms with E-state index in [9.17, 15) is 18.0 Å². The number of hydrogen-bond acceptors (Lipinski definition) is 6. The van der Waals surface area contributed by atoms with E-state index in [2.05, 4.69) is 16.8 Å². The molecule has 2 heterocycles. The van der Waals surface area contributed by atoms with Gasteiger partial charge in [0.05, 0.1) is 12.3 Å². The van der Waals surface area contributed by atoms with Crippen molar-refractivity contribution in [1.82, 2.24) is 9.88 Å². The Morgan fingerprint density at radius 1 is 1.41 bits per heavy atom. The molecule has 158 valence electrons. The van der Waals surface area contributed by atoms with E-state index < -0.39 is 29.9 Å². The molecule has 1 aromatic heterocycles. The van der Waals surface area contributed by atoms with Gasteiger partial charge < -0.3 is 14.6 Å². The Bertz CT molecular complexity index is 826. The minimum atomic E-state index is -4.44. The fraction of sp³-hybridized carbons (Fsp3) is 0.474. The minimum Gasteiger partial charge on any atom is -0.482 e. The first-order valence-corrected chi connectivity index (χ1v) is 9.91. The number of hydrogen-bond donors (Lipinski definition) is 1. The third-order valence-corrected chi connectivity index (χ3v) is 5.49. The molecule has 0 spiro atoms. The number of thiazole rings is 1. The number of rotatable bonds is 7. The van der Waals surface area contributed by atoms with Crippen molar-refractivity contribution in [3.05, 3.63) is 45.9 Å². The number of carboxylic acids is 1. The largest absolute Gasteiger partial charge is 0.482 e. The first kappa shape index (κ1) is 21.5. The highest BCUT2D eigenvalue weighted by Crippen LogP contribution is 2.34. The molecule has 0 saturated carbocycles. The summed E-state index contributed by atoms with van der Waals surface area (Å²) < 4.78 is 49.1. The summed E-state index contributed by atoms with van der Waals surface area (Å²) in [5, 5.41) is 9.20. The van der Waals surface area contributed by atoms with Crippen molar-refractivity contribution < 1.29 is 32.5 Å². The number of ether oxygens (including phenoxy) is 2. The number of aromatic nitrogens is 1. The number of halogens is 3. The van der Waals surface area contributed by atoms with Crippen LogP contribution >= 0.6 is 11.3 Å². The van der Waals surface area contributed by atoms with Gasteiger partial charge in [-0.15, -0.1) is 11.3 Å². The summed E-state index contributed by atoms with van der Waals surface area (Å²) in [6.07, 6.45) is -4.92. The van der Waals surface area contributed by atoms with Gasteiger partial charge in [0, 0.05) is 25.0 Å². The van der Waals surface area contributed by atoms with Crippen molar-refractivity contribution in [3.8, 4) is 5.75 Å². The number of aliphatic carboxylic acids is 1. The lowest BCUT2D eigenvalue weighted by Crippen LogP contribution is -2.40.